The van der Waals surface area contributed by atoms with E-state index in [2.05, 4.69) is 10.6 Å². The Bertz CT molecular complexity index is 428. The zero-order valence-corrected chi connectivity index (χ0v) is 10.4. The number of aromatic hydroxyl groups is 1. The summed E-state index contributed by atoms with van der Waals surface area (Å²) in [6.45, 7) is 4.50. The van der Waals surface area contributed by atoms with Crippen LogP contribution in [0.25, 0.3) is 0 Å². The minimum Gasteiger partial charge on any atom is -0.508 e. The zero-order valence-electron chi connectivity index (χ0n) is 10.4. The summed E-state index contributed by atoms with van der Waals surface area (Å²) in [4.78, 5) is 12.0. The maximum atomic E-state index is 12.0. The molecule has 1 heterocycles. The lowest BCUT2D eigenvalue weighted by Crippen LogP contribution is -2.48. The number of ether oxygens (including phenoxy) is 1. The summed E-state index contributed by atoms with van der Waals surface area (Å²) >= 11 is 0. The number of morpholine rings is 1. The first-order valence-corrected chi connectivity index (χ1v) is 6.06. The van der Waals surface area contributed by atoms with Gasteiger partial charge in [-0.1, -0.05) is 0 Å². The van der Waals surface area contributed by atoms with Crippen LogP contribution in [0, 0.1) is 6.92 Å². The first kappa shape index (κ1) is 12.9. The van der Waals surface area contributed by atoms with Crippen LogP contribution < -0.4 is 10.6 Å². The van der Waals surface area contributed by atoms with Crippen LogP contribution in [-0.2, 0) is 4.74 Å². The van der Waals surface area contributed by atoms with Crippen LogP contribution in [0.3, 0.4) is 0 Å². The number of hydrogen-bond acceptors (Lipinski definition) is 4. The van der Waals surface area contributed by atoms with Crippen LogP contribution in [0.1, 0.15) is 15.9 Å². The van der Waals surface area contributed by atoms with E-state index in [1.54, 1.807) is 19.1 Å². The third kappa shape index (κ3) is 3.21. The van der Waals surface area contributed by atoms with Crippen molar-refractivity contribution in [1.29, 1.82) is 0 Å². The highest BCUT2D eigenvalue weighted by atomic mass is 16.5. The van der Waals surface area contributed by atoms with Crippen molar-refractivity contribution in [3.63, 3.8) is 0 Å². The summed E-state index contributed by atoms with van der Waals surface area (Å²) in [7, 11) is 0. The molecule has 1 saturated heterocycles. The van der Waals surface area contributed by atoms with Gasteiger partial charge in [-0.05, 0) is 30.7 Å². The van der Waals surface area contributed by atoms with Gasteiger partial charge in [0.05, 0.1) is 13.2 Å². The molecule has 1 fully saturated rings. The molecule has 3 N–H and O–H groups in total. The Balaban J connectivity index is 1.90. The second kappa shape index (κ2) is 5.84. The molecular weight excluding hydrogens is 232 g/mol. The van der Waals surface area contributed by atoms with Crippen molar-refractivity contribution in [2.24, 2.45) is 0 Å². The van der Waals surface area contributed by atoms with Gasteiger partial charge in [-0.2, -0.15) is 0 Å². The van der Waals surface area contributed by atoms with Crippen LogP contribution in [0.4, 0.5) is 0 Å². The quantitative estimate of drug-likeness (QED) is 0.727. The molecule has 0 spiro atoms. The van der Waals surface area contributed by atoms with Gasteiger partial charge in [0, 0.05) is 24.7 Å². The minimum absolute atomic E-state index is 0.125. The number of amides is 1. The number of benzene rings is 1. The van der Waals surface area contributed by atoms with Gasteiger partial charge in [-0.25, -0.2) is 0 Å². The third-order valence-electron chi connectivity index (χ3n) is 2.96. The second-order valence-electron chi connectivity index (χ2n) is 4.44. The third-order valence-corrected chi connectivity index (χ3v) is 2.96. The van der Waals surface area contributed by atoms with E-state index in [0.29, 0.717) is 18.7 Å². The normalized spacial score (nSPS) is 19.5. The lowest BCUT2D eigenvalue weighted by molar-refractivity contribution is 0.0734. The number of carbonyl (C=O) groups excluding carboxylic acids is 1. The second-order valence-corrected chi connectivity index (χ2v) is 4.44. The molecule has 1 aromatic rings. The van der Waals surface area contributed by atoms with E-state index in [-0.39, 0.29) is 17.7 Å². The minimum atomic E-state index is -0.125. The van der Waals surface area contributed by atoms with Gasteiger partial charge < -0.3 is 20.5 Å². The van der Waals surface area contributed by atoms with E-state index in [9.17, 15) is 9.90 Å². The van der Waals surface area contributed by atoms with Crippen LogP contribution in [-0.4, -0.2) is 43.4 Å². The molecule has 1 unspecified atom stereocenters. The van der Waals surface area contributed by atoms with Crippen molar-refractivity contribution in [3.05, 3.63) is 29.3 Å². The topological polar surface area (TPSA) is 70.6 Å². The van der Waals surface area contributed by atoms with Gasteiger partial charge >= 0.3 is 0 Å². The van der Waals surface area contributed by atoms with Gasteiger partial charge in [0.2, 0.25) is 0 Å². The zero-order chi connectivity index (χ0) is 13.0. The Morgan fingerprint density at radius 3 is 3.11 bits per heavy atom. The smallest absolute Gasteiger partial charge is 0.251 e. The average molecular weight is 250 g/mol. The van der Waals surface area contributed by atoms with Crippen LogP contribution >= 0.6 is 0 Å². The molecule has 0 aliphatic carbocycles. The molecule has 0 bridgehead atoms. The van der Waals surface area contributed by atoms with Crippen LogP contribution in [0.5, 0.6) is 5.75 Å². The Morgan fingerprint density at radius 1 is 1.61 bits per heavy atom. The number of rotatable bonds is 3. The van der Waals surface area contributed by atoms with E-state index < -0.39 is 0 Å². The number of phenols is 1. The molecule has 5 nitrogen and oxygen atoms in total. The fraction of sp³-hybridized carbons (Fsp3) is 0.462. The molecule has 1 aliphatic heterocycles. The van der Waals surface area contributed by atoms with Crippen molar-refractivity contribution in [2.45, 2.75) is 13.0 Å². The summed E-state index contributed by atoms with van der Waals surface area (Å²) < 4.78 is 5.31. The van der Waals surface area contributed by atoms with E-state index in [0.717, 1.165) is 18.7 Å². The summed E-state index contributed by atoms with van der Waals surface area (Å²) in [6.07, 6.45) is 0. The maximum Gasteiger partial charge on any atom is 0.251 e. The van der Waals surface area contributed by atoms with Gasteiger partial charge in [0.1, 0.15) is 5.75 Å². The molecule has 18 heavy (non-hydrogen) atoms. The van der Waals surface area contributed by atoms with Crippen molar-refractivity contribution in [3.8, 4) is 5.75 Å². The number of hydrogen-bond donors (Lipinski definition) is 3. The van der Waals surface area contributed by atoms with E-state index in [4.69, 9.17) is 4.74 Å². The number of nitrogens with one attached hydrogen (secondary N) is 2. The van der Waals surface area contributed by atoms with Crippen LogP contribution in [0.2, 0.25) is 0 Å². The first-order chi connectivity index (χ1) is 8.66. The first-order valence-electron chi connectivity index (χ1n) is 6.06. The van der Waals surface area contributed by atoms with Crippen molar-refractivity contribution in [1.82, 2.24) is 10.6 Å². The standard InChI is InChI=1S/C13H18N2O3/c1-9-6-11(16)2-3-12(9)13(17)15-7-10-8-18-5-4-14-10/h2-3,6,10,14,16H,4-5,7-8H2,1H3,(H,15,17). The molecule has 0 aromatic heterocycles. The Labute approximate surface area is 106 Å². The highest BCUT2D eigenvalue weighted by Crippen LogP contribution is 2.15. The Morgan fingerprint density at radius 2 is 2.44 bits per heavy atom. The fourth-order valence-electron chi connectivity index (χ4n) is 1.96. The molecule has 0 radical (unpaired) electrons. The average Bonchev–Trinajstić information content (AvgIpc) is 2.37. The summed E-state index contributed by atoms with van der Waals surface area (Å²) in [5.74, 6) is 0.0475. The molecule has 5 heteroatoms. The molecule has 1 aliphatic rings. The maximum absolute atomic E-state index is 12.0. The molecule has 1 atom stereocenters. The number of carbonyl (C=O) groups is 1. The highest BCUT2D eigenvalue weighted by molar-refractivity contribution is 5.95. The molecule has 98 valence electrons. The lowest BCUT2D eigenvalue weighted by atomic mass is 10.1. The monoisotopic (exact) mass is 250 g/mol. The molecule has 0 saturated carbocycles. The van der Waals surface area contributed by atoms with E-state index in [1.165, 1.54) is 6.07 Å². The Kier molecular flexibility index (Phi) is 4.17. The number of aryl methyl sites for hydroxylation is 1. The lowest BCUT2D eigenvalue weighted by Gasteiger charge is -2.24. The highest BCUT2D eigenvalue weighted by Gasteiger charge is 2.15. The van der Waals surface area contributed by atoms with E-state index in [1.807, 2.05) is 0 Å². The van der Waals surface area contributed by atoms with Gasteiger partial charge in [0.15, 0.2) is 0 Å². The Hall–Kier alpha value is -1.59. The summed E-state index contributed by atoms with van der Waals surface area (Å²) in [5.41, 5.74) is 1.35. The summed E-state index contributed by atoms with van der Waals surface area (Å²) in [5, 5.41) is 15.4. The van der Waals surface area contributed by atoms with Crippen molar-refractivity contribution >= 4 is 5.91 Å². The molecule has 2 rings (SSSR count). The molecule has 1 aromatic carbocycles. The van der Waals surface area contributed by atoms with Crippen molar-refractivity contribution in [2.75, 3.05) is 26.3 Å². The predicted molar refractivity (Wildman–Crippen MR) is 67.8 cm³/mol. The van der Waals surface area contributed by atoms with E-state index >= 15 is 0 Å². The summed E-state index contributed by atoms with van der Waals surface area (Å²) in [6, 6.07) is 4.89. The van der Waals surface area contributed by atoms with Gasteiger partial charge in [-0.3, -0.25) is 4.79 Å². The number of phenolic OH excluding ortho intramolecular Hbond substituents is 1. The van der Waals surface area contributed by atoms with Gasteiger partial charge in [-0.15, -0.1) is 0 Å². The largest absolute Gasteiger partial charge is 0.508 e. The molecule has 1 amide bonds. The molecular formula is C13H18N2O3. The van der Waals surface area contributed by atoms with Crippen LogP contribution in [0.15, 0.2) is 18.2 Å². The van der Waals surface area contributed by atoms with Gasteiger partial charge in [0.25, 0.3) is 5.91 Å². The SMILES string of the molecule is Cc1cc(O)ccc1C(=O)NCC1COCCN1. The fourth-order valence-corrected chi connectivity index (χ4v) is 1.96. The predicted octanol–water partition coefficient (Wildman–Crippen LogP) is 0.419. The van der Waals surface area contributed by atoms with Crippen molar-refractivity contribution < 1.29 is 14.6 Å².